The highest BCUT2D eigenvalue weighted by atomic mass is 32.2. The minimum atomic E-state index is -0.0330. The summed E-state index contributed by atoms with van der Waals surface area (Å²) in [4.78, 5) is 12.0. The molecule has 2 aliphatic rings. The zero-order chi connectivity index (χ0) is 24.1. The van der Waals surface area contributed by atoms with Crippen LogP contribution in [0.25, 0.3) is 0 Å². The number of pyridine rings is 1. The Morgan fingerprint density at radius 2 is 1.97 bits per heavy atom. The van der Waals surface area contributed by atoms with Crippen molar-refractivity contribution in [2.24, 2.45) is 0 Å². The van der Waals surface area contributed by atoms with E-state index in [2.05, 4.69) is 70.4 Å². The van der Waals surface area contributed by atoms with Crippen LogP contribution >= 0.6 is 11.8 Å². The van der Waals surface area contributed by atoms with E-state index in [1.165, 1.54) is 50.1 Å². The normalized spacial score (nSPS) is 18.1. The number of piperidine rings is 1. The van der Waals surface area contributed by atoms with E-state index in [1.807, 2.05) is 24.0 Å². The zero-order valence-electron chi connectivity index (χ0n) is 21.3. The summed E-state index contributed by atoms with van der Waals surface area (Å²) in [6.45, 7) is 11.0. The van der Waals surface area contributed by atoms with Crippen LogP contribution in [-0.4, -0.2) is 84.3 Å². The molecule has 6 nitrogen and oxygen atoms in total. The molecule has 2 saturated heterocycles. The van der Waals surface area contributed by atoms with Gasteiger partial charge >= 0.3 is 0 Å². The minimum Gasteiger partial charge on any atom is -0.391 e. The molecule has 0 aliphatic carbocycles. The molecular weight excluding hydrogens is 442 g/mol. The third-order valence-electron chi connectivity index (χ3n) is 7.40. The average Bonchev–Trinajstić information content (AvgIpc) is 2.82. The summed E-state index contributed by atoms with van der Waals surface area (Å²) < 4.78 is 0. The summed E-state index contributed by atoms with van der Waals surface area (Å²) in [6.07, 6.45) is 6.42. The molecule has 0 unspecified atom stereocenters. The van der Waals surface area contributed by atoms with Crippen LogP contribution in [0.15, 0.2) is 30.5 Å². The van der Waals surface area contributed by atoms with Crippen molar-refractivity contribution in [2.75, 3.05) is 68.5 Å². The Kier molecular flexibility index (Phi) is 8.75. The van der Waals surface area contributed by atoms with E-state index in [0.717, 1.165) is 47.6 Å². The van der Waals surface area contributed by atoms with Gasteiger partial charge in [0.15, 0.2) is 0 Å². The molecule has 0 saturated carbocycles. The number of aromatic nitrogens is 1. The fourth-order valence-corrected chi connectivity index (χ4v) is 5.85. The minimum absolute atomic E-state index is 0.0330. The van der Waals surface area contributed by atoms with Crippen molar-refractivity contribution in [3.05, 3.63) is 47.2 Å². The number of benzene rings is 1. The molecule has 2 aromatic rings. The number of hydrogen-bond donors (Lipinski definition) is 2. The van der Waals surface area contributed by atoms with Gasteiger partial charge in [-0.3, -0.25) is 4.90 Å². The molecule has 0 bridgehead atoms. The molecule has 2 N–H and O–H groups in total. The van der Waals surface area contributed by atoms with Crippen LogP contribution in [-0.2, 0) is 6.61 Å². The van der Waals surface area contributed by atoms with Gasteiger partial charge in [0.25, 0.3) is 0 Å². The highest BCUT2D eigenvalue weighted by Gasteiger charge is 2.32. The van der Waals surface area contributed by atoms with Crippen LogP contribution in [0.3, 0.4) is 0 Å². The molecule has 2 aliphatic heterocycles. The lowest BCUT2D eigenvalue weighted by molar-refractivity contribution is 0.0363. The number of anilines is 3. The number of nitrogens with zero attached hydrogens (tertiary/aromatic N) is 4. The lowest BCUT2D eigenvalue weighted by atomic mass is 9.87. The van der Waals surface area contributed by atoms with Crippen LogP contribution in [0.1, 0.15) is 42.4 Å². The van der Waals surface area contributed by atoms with Gasteiger partial charge in [0.2, 0.25) is 0 Å². The van der Waals surface area contributed by atoms with Crippen molar-refractivity contribution in [2.45, 2.75) is 45.3 Å². The summed E-state index contributed by atoms with van der Waals surface area (Å²) in [6, 6.07) is 9.61. The lowest BCUT2D eigenvalue weighted by Crippen LogP contribution is -2.59. The number of hydrogen-bond acceptors (Lipinski definition) is 7. The van der Waals surface area contributed by atoms with Gasteiger partial charge in [0, 0.05) is 61.1 Å². The lowest BCUT2D eigenvalue weighted by Gasteiger charge is -2.46. The Morgan fingerprint density at radius 3 is 2.62 bits per heavy atom. The highest BCUT2D eigenvalue weighted by molar-refractivity contribution is 7.98. The molecule has 4 rings (SSSR count). The number of aryl methyl sites for hydroxylation is 1. The second-order valence-corrected chi connectivity index (χ2v) is 10.8. The van der Waals surface area contributed by atoms with Crippen molar-refractivity contribution < 1.29 is 5.11 Å². The SMILES string of the molecule is CCN(CCSC)c1ccnc(Nc2cc(C)cc(C3CCN(C4CN(C)C4)CC3)c2)c1CO. The Hall–Kier alpha value is -1.80. The van der Waals surface area contributed by atoms with E-state index in [-0.39, 0.29) is 6.61 Å². The quantitative estimate of drug-likeness (QED) is 0.522. The van der Waals surface area contributed by atoms with Gasteiger partial charge in [-0.25, -0.2) is 4.98 Å². The molecule has 0 radical (unpaired) electrons. The van der Waals surface area contributed by atoms with E-state index in [4.69, 9.17) is 0 Å². The van der Waals surface area contributed by atoms with E-state index in [0.29, 0.717) is 5.92 Å². The van der Waals surface area contributed by atoms with Gasteiger partial charge in [0.1, 0.15) is 5.82 Å². The Bertz CT molecular complexity index is 941. The molecule has 34 heavy (non-hydrogen) atoms. The van der Waals surface area contributed by atoms with Gasteiger partial charge < -0.3 is 20.2 Å². The molecule has 186 valence electrons. The number of nitrogens with one attached hydrogen (secondary N) is 1. The standard InChI is InChI=1S/C27H41N5OS/c1-5-31(12-13-34-4)26-6-9-28-27(25(26)19-33)29-23-15-20(2)14-22(16-23)21-7-10-32(11-8-21)24-17-30(3)18-24/h6,9,14-16,21,24,33H,5,7-8,10-13,17-19H2,1-4H3,(H,28,29). The molecule has 3 heterocycles. The number of thioether (sulfide) groups is 1. The number of aliphatic hydroxyl groups excluding tert-OH is 1. The fourth-order valence-electron chi connectivity index (χ4n) is 5.44. The Morgan fingerprint density at radius 1 is 1.21 bits per heavy atom. The van der Waals surface area contributed by atoms with Gasteiger partial charge in [-0.1, -0.05) is 6.07 Å². The maximum atomic E-state index is 10.3. The van der Waals surface area contributed by atoms with E-state index in [9.17, 15) is 5.11 Å². The number of likely N-dealkylation sites (tertiary alicyclic amines) is 2. The first-order valence-corrected chi connectivity index (χ1v) is 14.1. The third-order valence-corrected chi connectivity index (χ3v) is 7.99. The zero-order valence-corrected chi connectivity index (χ0v) is 22.1. The number of likely N-dealkylation sites (N-methyl/N-ethyl adjacent to an activating group) is 1. The summed E-state index contributed by atoms with van der Waals surface area (Å²) in [5.41, 5.74) is 5.68. The molecule has 1 aromatic carbocycles. The molecule has 2 fully saturated rings. The number of rotatable bonds is 10. The molecule has 0 spiro atoms. The second kappa shape index (κ2) is 11.8. The van der Waals surface area contributed by atoms with Crippen molar-refractivity contribution in [1.82, 2.24) is 14.8 Å². The average molecular weight is 484 g/mol. The Balaban J connectivity index is 1.49. The van der Waals surface area contributed by atoms with Crippen molar-refractivity contribution in [1.29, 1.82) is 0 Å². The van der Waals surface area contributed by atoms with E-state index in [1.54, 1.807) is 0 Å². The first-order valence-electron chi connectivity index (χ1n) is 12.7. The molecule has 7 heteroatoms. The van der Waals surface area contributed by atoms with E-state index >= 15 is 0 Å². The predicted octanol–water partition coefficient (Wildman–Crippen LogP) is 4.31. The fraction of sp³-hybridized carbons (Fsp3) is 0.593. The summed E-state index contributed by atoms with van der Waals surface area (Å²) >= 11 is 1.84. The topological polar surface area (TPSA) is 54.9 Å². The van der Waals surface area contributed by atoms with Crippen molar-refractivity contribution in [3.8, 4) is 0 Å². The van der Waals surface area contributed by atoms with Crippen LogP contribution in [0.4, 0.5) is 17.2 Å². The Labute approximate surface area is 209 Å². The van der Waals surface area contributed by atoms with Crippen molar-refractivity contribution in [3.63, 3.8) is 0 Å². The summed E-state index contributed by atoms with van der Waals surface area (Å²) in [5.74, 6) is 2.41. The third kappa shape index (κ3) is 5.88. The molecular formula is C27H41N5OS. The van der Waals surface area contributed by atoms with Gasteiger partial charge in [0.05, 0.1) is 6.61 Å². The number of aliphatic hydroxyl groups is 1. The second-order valence-electron chi connectivity index (χ2n) is 9.83. The van der Waals surface area contributed by atoms with Crippen LogP contribution in [0.2, 0.25) is 0 Å². The first kappa shape index (κ1) is 25.3. The first-order chi connectivity index (χ1) is 16.5. The van der Waals surface area contributed by atoms with E-state index < -0.39 is 0 Å². The van der Waals surface area contributed by atoms with Crippen molar-refractivity contribution >= 4 is 29.0 Å². The molecule has 1 aromatic heterocycles. The maximum absolute atomic E-state index is 10.3. The van der Waals surface area contributed by atoms with Gasteiger partial charge in [-0.2, -0.15) is 11.8 Å². The highest BCUT2D eigenvalue weighted by Crippen LogP contribution is 2.34. The largest absolute Gasteiger partial charge is 0.391 e. The molecule has 0 amide bonds. The van der Waals surface area contributed by atoms with Gasteiger partial charge in [-0.05, 0) is 88.3 Å². The van der Waals surface area contributed by atoms with Gasteiger partial charge in [-0.15, -0.1) is 0 Å². The maximum Gasteiger partial charge on any atom is 0.137 e. The summed E-state index contributed by atoms with van der Waals surface area (Å²) in [7, 11) is 2.21. The predicted molar refractivity (Wildman–Crippen MR) is 146 cm³/mol. The van der Waals surface area contributed by atoms with Crippen LogP contribution < -0.4 is 10.2 Å². The van der Waals surface area contributed by atoms with Crippen LogP contribution in [0, 0.1) is 6.92 Å². The monoisotopic (exact) mass is 483 g/mol. The smallest absolute Gasteiger partial charge is 0.137 e. The molecule has 0 atom stereocenters. The summed E-state index contributed by atoms with van der Waals surface area (Å²) in [5, 5.41) is 13.8. The van der Waals surface area contributed by atoms with Crippen LogP contribution in [0.5, 0.6) is 0 Å².